The van der Waals surface area contributed by atoms with Gasteiger partial charge in [0.25, 0.3) is 5.91 Å². The summed E-state index contributed by atoms with van der Waals surface area (Å²) in [5, 5.41) is 15.8. The Morgan fingerprint density at radius 3 is 2.59 bits per heavy atom. The van der Waals surface area contributed by atoms with Crippen LogP contribution in [-0.4, -0.2) is 39.5 Å². The number of benzene rings is 2. The van der Waals surface area contributed by atoms with Crippen LogP contribution in [0.5, 0.6) is 0 Å². The molecule has 2 aromatic carbocycles. The summed E-state index contributed by atoms with van der Waals surface area (Å²) >= 11 is 6.01. The molecule has 37 heavy (non-hydrogen) atoms. The number of carbonyl (C=O) groups is 2. The van der Waals surface area contributed by atoms with Crippen LogP contribution in [0, 0.1) is 5.82 Å². The molecule has 0 spiro atoms. The minimum absolute atomic E-state index is 0.0338. The Labute approximate surface area is 219 Å². The number of aliphatic hydroxyl groups excluding tert-OH is 1. The first-order chi connectivity index (χ1) is 17.7. The average Bonchev–Trinajstić information content (AvgIpc) is 2.87. The lowest BCUT2D eigenvalue weighted by atomic mass is 9.84. The summed E-state index contributed by atoms with van der Waals surface area (Å²) in [5.74, 6) is -1.14. The number of hydrogen-bond donors (Lipinski definition) is 4. The van der Waals surface area contributed by atoms with E-state index in [1.54, 1.807) is 36.5 Å². The zero-order valence-corrected chi connectivity index (χ0v) is 21.1. The maximum atomic E-state index is 15.1. The van der Waals surface area contributed by atoms with E-state index < -0.39 is 17.8 Å². The van der Waals surface area contributed by atoms with Gasteiger partial charge in [-0.3, -0.25) is 9.59 Å². The molecule has 5 N–H and O–H groups in total. The average molecular weight is 526 g/mol. The van der Waals surface area contributed by atoms with Gasteiger partial charge in [0.2, 0.25) is 5.91 Å². The summed E-state index contributed by atoms with van der Waals surface area (Å²) in [6.45, 7) is 1.14. The standard InChI is InChI=1S/C27H29ClFN5O3/c1-15(36)32-20-8-5-16(6-9-20)23-13-31-26(30)25(33-23)18-7-10-21(22(29)12-18)27(37)34-24(14-35)17-3-2-4-19(28)11-17/h2-4,7,10-13,16,20,24,35H,5-6,8-9,14H2,1H3,(H2,30,31)(H,32,36)(H,34,37). The first-order valence-corrected chi connectivity index (χ1v) is 12.5. The van der Waals surface area contributed by atoms with Crippen molar-refractivity contribution in [3.05, 3.63) is 76.3 Å². The van der Waals surface area contributed by atoms with Crippen molar-refractivity contribution in [2.24, 2.45) is 0 Å². The molecule has 0 radical (unpaired) electrons. The number of aliphatic hydroxyl groups is 1. The van der Waals surface area contributed by atoms with Gasteiger partial charge in [-0.25, -0.2) is 14.4 Å². The van der Waals surface area contributed by atoms with Crippen LogP contribution >= 0.6 is 11.6 Å². The Kier molecular flexibility index (Phi) is 8.35. The second kappa shape index (κ2) is 11.7. The van der Waals surface area contributed by atoms with Crippen LogP contribution in [0.1, 0.15) is 66.2 Å². The van der Waals surface area contributed by atoms with E-state index in [0.717, 1.165) is 31.4 Å². The highest BCUT2D eigenvalue weighted by Crippen LogP contribution is 2.34. The molecule has 0 aliphatic heterocycles. The number of aromatic nitrogens is 2. The Balaban J connectivity index is 1.50. The third-order valence-corrected chi connectivity index (χ3v) is 6.83. The van der Waals surface area contributed by atoms with Crippen LogP contribution in [0.15, 0.2) is 48.7 Å². The maximum Gasteiger partial charge on any atom is 0.254 e. The lowest BCUT2D eigenvalue weighted by Gasteiger charge is -2.28. The molecule has 1 saturated carbocycles. The molecule has 1 heterocycles. The first-order valence-electron chi connectivity index (χ1n) is 12.1. The van der Waals surface area contributed by atoms with E-state index in [-0.39, 0.29) is 35.9 Å². The van der Waals surface area contributed by atoms with Crippen LogP contribution in [-0.2, 0) is 4.79 Å². The van der Waals surface area contributed by atoms with Gasteiger partial charge in [0, 0.05) is 29.5 Å². The summed E-state index contributed by atoms with van der Waals surface area (Å²) < 4.78 is 15.1. The van der Waals surface area contributed by atoms with E-state index in [0.29, 0.717) is 21.8 Å². The number of halogens is 2. The topological polar surface area (TPSA) is 130 Å². The molecule has 2 amide bonds. The summed E-state index contributed by atoms with van der Waals surface area (Å²) in [6, 6.07) is 10.3. The van der Waals surface area contributed by atoms with Gasteiger partial charge in [-0.05, 0) is 55.5 Å². The second-order valence-corrected chi connectivity index (χ2v) is 9.67. The van der Waals surface area contributed by atoms with Crippen molar-refractivity contribution in [2.45, 2.75) is 50.6 Å². The smallest absolute Gasteiger partial charge is 0.254 e. The number of amides is 2. The van der Waals surface area contributed by atoms with Crippen LogP contribution in [0.2, 0.25) is 5.02 Å². The highest BCUT2D eigenvalue weighted by Gasteiger charge is 2.25. The van der Waals surface area contributed by atoms with Gasteiger partial charge in [-0.2, -0.15) is 0 Å². The fourth-order valence-electron chi connectivity index (χ4n) is 4.68. The number of anilines is 1. The molecule has 0 saturated heterocycles. The Morgan fingerprint density at radius 1 is 1.19 bits per heavy atom. The van der Waals surface area contributed by atoms with Gasteiger partial charge in [-0.1, -0.05) is 29.8 Å². The third-order valence-electron chi connectivity index (χ3n) is 6.60. The number of rotatable bonds is 7. The minimum Gasteiger partial charge on any atom is -0.394 e. The van der Waals surface area contributed by atoms with Gasteiger partial charge in [0.15, 0.2) is 0 Å². The zero-order chi connectivity index (χ0) is 26.5. The lowest BCUT2D eigenvalue weighted by Crippen LogP contribution is -2.35. The van der Waals surface area contributed by atoms with Crippen molar-refractivity contribution >= 4 is 29.2 Å². The molecule has 8 nitrogen and oxygen atoms in total. The number of carbonyl (C=O) groups excluding carboxylic acids is 2. The summed E-state index contributed by atoms with van der Waals surface area (Å²) in [7, 11) is 0. The molecule has 1 atom stereocenters. The van der Waals surface area contributed by atoms with E-state index in [1.165, 1.54) is 19.1 Å². The molecule has 1 aliphatic carbocycles. The molecule has 0 bridgehead atoms. The molecular formula is C27H29ClFN5O3. The van der Waals surface area contributed by atoms with Crippen molar-refractivity contribution in [1.82, 2.24) is 20.6 Å². The largest absolute Gasteiger partial charge is 0.394 e. The molecule has 1 aromatic heterocycles. The molecule has 3 aromatic rings. The van der Waals surface area contributed by atoms with Gasteiger partial charge >= 0.3 is 0 Å². The predicted octanol–water partition coefficient (Wildman–Crippen LogP) is 4.14. The Bertz CT molecular complexity index is 1300. The highest BCUT2D eigenvalue weighted by molar-refractivity contribution is 6.30. The molecule has 10 heteroatoms. The molecule has 4 rings (SSSR count). The summed E-state index contributed by atoms with van der Waals surface area (Å²) in [6.07, 6.45) is 5.01. The van der Waals surface area contributed by atoms with Crippen LogP contribution in [0.3, 0.4) is 0 Å². The number of nitrogens with zero attached hydrogens (tertiary/aromatic N) is 2. The van der Waals surface area contributed by atoms with Crippen LogP contribution in [0.4, 0.5) is 10.2 Å². The number of nitrogens with one attached hydrogen (secondary N) is 2. The SMILES string of the molecule is CC(=O)NC1CCC(c2cnc(N)c(-c3ccc(C(=O)NC(CO)c4cccc(Cl)c4)c(F)c3)n2)CC1. The Hall–Kier alpha value is -3.56. The maximum absolute atomic E-state index is 15.1. The van der Waals surface area contributed by atoms with E-state index >= 15 is 4.39 Å². The second-order valence-electron chi connectivity index (χ2n) is 9.24. The van der Waals surface area contributed by atoms with Crippen molar-refractivity contribution < 1.29 is 19.1 Å². The predicted molar refractivity (Wildman–Crippen MR) is 139 cm³/mol. The van der Waals surface area contributed by atoms with Crippen molar-refractivity contribution in [3.63, 3.8) is 0 Å². The van der Waals surface area contributed by atoms with Crippen LogP contribution in [0.25, 0.3) is 11.3 Å². The van der Waals surface area contributed by atoms with Gasteiger partial charge < -0.3 is 21.5 Å². The van der Waals surface area contributed by atoms with Crippen molar-refractivity contribution in [3.8, 4) is 11.3 Å². The molecule has 1 unspecified atom stereocenters. The molecular weight excluding hydrogens is 497 g/mol. The lowest BCUT2D eigenvalue weighted by molar-refractivity contribution is -0.119. The monoisotopic (exact) mass is 525 g/mol. The first kappa shape index (κ1) is 26.5. The van der Waals surface area contributed by atoms with Gasteiger partial charge in [0.1, 0.15) is 17.3 Å². The van der Waals surface area contributed by atoms with Crippen molar-refractivity contribution in [1.29, 1.82) is 0 Å². The number of nitrogens with two attached hydrogens (primary N) is 1. The quantitative estimate of drug-likeness (QED) is 0.367. The summed E-state index contributed by atoms with van der Waals surface area (Å²) in [5.41, 5.74) is 8.02. The normalized spacial score (nSPS) is 18.2. The molecule has 1 aliphatic rings. The fourth-order valence-corrected chi connectivity index (χ4v) is 4.88. The fraction of sp³-hybridized carbons (Fsp3) is 0.333. The summed E-state index contributed by atoms with van der Waals surface area (Å²) in [4.78, 5) is 33.1. The zero-order valence-electron chi connectivity index (χ0n) is 20.4. The van der Waals surface area contributed by atoms with Crippen molar-refractivity contribution in [2.75, 3.05) is 12.3 Å². The molecule has 194 valence electrons. The molecule has 1 fully saturated rings. The van der Waals surface area contributed by atoms with Gasteiger partial charge in [-0.15, -0.1) is 0 Å². The van der Waals surface area contributed by atoms with Gasteiger partial charge in [0.05, 0.1) is 30.1 Å². The van der Waals surface area contributed by atoms with E-state index in [9.17, 15) is 14.7 Å². The van der Waals surface area contributed by atoms with Crippen LogP contribution < -0.4 is 16.4 Å². The Morgan fingerprint density at radius 2 is 1.95 bits per heavy atom. The third kappa shape index (κ3) is 6.42. The number of hydrogen-bond acceptors (Lipinski definition) is 6. The van der Waals surface area contributed by atoms with E-state index in [2.05, 4.69) is 20.6 Å². The van der Waals surface area contributed by atoms with E-state index in [4.69, 9.17) is 17.3 Å². The number of nitrogen functional groups attached to an aromatic ring is 1. The minimum atomic E-state index is -0.750. The van der Waals surface area contributed by atoms with E-state index in [1.807, 2.05) is 0 Å². The highest BCUT2D eigenvalue weighted by atomic mass is 35.5.